The standard InChI is InChI=1S/C17H23NO3S/c1-17(2)12-10-15(17)14(8-9-19)16(11-12)18-22(20,21)13-6-4-3-5-7-13/h3-7,9,12,14-16,18H,8,10-11H2,1-2H3/t12-,14+,15+,16+/m1/s1. The molecule has 3 aliphatic rings. The van der Waals surface area contributed by atoms with E-state index in [9.17, 15) is 13.2 Å². The molecule has 4 atom stereocenters. The van der Waals surface area contributed by atoms with Crippen molar-refractivity contribution >= 4 is 16.3 Å². The molecule has 0 unspecified atom stereocenters. The van der Waals surface area contributed by atoms with Crippen molar-refractivity contribution in [2.45, 2.75) is 44.0 Å². The molecular formula is C17H23NO3S. The van der Waals surface area contributed by atoms with E-state index < -0.39 is 10.0 Å². The number of hydrogen-bond acceptors (Lipinski definition) is 3. The lowest BCUT2D eigenvalue weighted by Crippen LogP contribution is -2.61. The molecule has 0 radical (unpaired) electrons. The topological polar surface area (TPSA) is 63.2 Å². The van der Waals surface area contributed by atoms with E-state index in [1.54, 1.807) is 30.3 Å². The molecule has 0 heterocycles. The van der Waals surface area contributed by atoms with Crippen molar-refractivity contribution < 1.29 is 13.2 Å². The number of aldehydes is 1. The average molecular weight is 321 g/mol. The number of benzene rings is 1. The van der Waals surface area contributed by atoms with E-state index in [1.807, 2.05) is 0 Å². The summed E-state index contributed by atoms with van der Waals surface area (Å²) < 4.78 is 27.9. The van der Waals surface area contributed by atoms with Crippen LogP contribution in [-0.4, -0.2) is 20.7 Å². The van der Waals surface area contributed by atoms with Crippen LogP contribution in [0.15, 0.2) is 35.2 Å². The summed E-state index contributed by atoms with van der Waals surface area (Å²) in [6.45, 7) is 4.48. The lowest BCUT2D eigenvalue weighted by Gasteiger charge is -2.62. The molecule has 3 fully saturated rings. The number of fused-ring (bicyclic) bond motifs is 2. The predicted molar refractivity (Wildman–Crippen MR) is 84.7 cm³/mol. The molecule has 2 bridgehead atoms. The van der Waals surface area contributed by atoms with Gasteiger partial charge in [-0.15, -0.1) is 0 Å². The van der Waals surface area contributed by atoms with Gasteiger partial charge < -0.3 is 4.79 Å². The Kier molecular flexibility index (Phi) is 3.89. The summed E-state index contributed by atoms with van der Waals surface area (Å²) in [6.07, 6.45) is 3.31. The third kappa shape index (κ3) is 2.50. The fourth-order valence-electron chi connectivity index (χ4n) is 4.39. The Bertz CT molecular complexity index is 654. The molecule has 0 aliphatic heterocycles. The van der Waals surface area contributed by atoms with Crippen molar-refractivity contribution in [3.63, 3.8) is 0 Å². The summed E-state index contributed by atoms with van der Waals surface area (Å²) in [6, 6.07) is 8.31. The van der Waals surface area contributed by atoms with Crippen LogP contribution in [0.3, 0.4) is 0 Å². The van der Waals surface area contributed by atoms with Crippen LogP contribution in [0.1, 0.15) is 33.1 Å². The summed E-state index contributed by atoms with van der Waals surface area (Å²) in [7, 11) is -3.52. The molecule has 0 aromatic heterocycles. The van der Waals surface area contributed by atoms with E-state index >= 15 is 0 Å². The number of sulfonamides is 1. The molecule has 0 saturated heterocycles. The van der Waals surface area contributed by atoms with Gasteiger partial charge in [-0.05, 0) is 48.1 Å². The lowest BCUT2D eigenvalue weighted by molar-refractivity contribution is -0.128. The molecule has 5 heteroatoms. The van der Waals surface area contributed by atoms with Gasteiger partial charge in [0.05, 0.1) is 4.90 Å². The molecule has 1 N–H and O–H groups in total. The molecule has 3 aliphatic carbocycles. The smallest absolute Gasteiger partial charge is 0.240 e. The van der Waals surface area contributed by atoms with E-state index in [-0.39, 0.29) is 17.4 Å². The largest absolute Gasteiger partial charge is 0.303 e. The second-order valence-electron chi connectivity index (χ2n) is 7.20. The van der Waals surface area contributed by atoms with Crippen LogP contribution in [-0.2, 0) is 14.8 Å². The Labute approximate surface area is 132 Å². The third-order valence-corrected chi connectivity index (χ3v) is 7.35. The Morgan fingerprint density at radius 1 is 1.23 bits per heavy atom. The van der Waals surface area contributed by atoms with Gasteiger partial charge in [-0.25, -0.2) is 13.1 Å². The molecule has 22 heavy (non-hydrogen) atoms. The fraction of sp³-hybridized carbons (Fsp3) is 0.588. The second kappa shape index (κ2) is 5.46. The van der Waals surface area contributed by atoms with Crippen molar-refractivity contribution in [3.8, 4) is 0 Å². The van der Waals surface area contributed by atoms with Crippen molar-refractivity contribution in [1.29, 1.82) is 0 Å². The van der Waals surface area contributed by atoms with Gasteiger partial charge in [0.1, 0.15) is 6.29 Å². The van der Waals surface area contributed by atoms with Crippen molar-refractivity contribution in [2.24, 2.45) is 23.2 Å². The van der Waals surface area contributed by atoms with Crippen molar-refractivity contribution in [1.82, 2.24) is 4.72 Å². The maximum absolute atomic E-state index is 12.5. The first-order valence-electron chi connectivity index (χ1n) is 7.87. The van der Waals surface area contributed by atoms with E-state index in [2.05, 4.69) is 18.6 Å². The first-order valence-corrected chi connectivity index (χ1v) is 9.35. The SMILES string of the molecule is CC1(C)[C@H]2C[C@H](NS(=O)(=O)c3ccccc3)[C@@H](CC=O)[C@@H]1C2. The van der Waals surface area contributed by atoms with Gasteiger partial charge in [0.2, 0.25) is 10.0 Å². The minimum atomic E-state index is -3.52. The number of carbonyl (C=O) groups excluding carboxylic acids is 1. The van der Waals surface area contributed by atoms with Crippen LogP contribution >= 0.6 is 0 Å². The first kappa shape index (κ1) is 15.7. The van der Waals surface area contributed by atoms with Crippen LogP contribution < -0.4 is 4.72 Å². The van der Waals surface area contributed by atoms with Crippen LogP contribution in [0.4, 0.5) is 0 Å². The Morgan fingerprint density at radius 2 is 1.91 bits per heavy atom. The molecule has 120 valence electrons. The van der Waals surface area contributed by atoms with Crippen LogP contribution in [0.25, 0.3) is 0 Å². The summed E-state index contributed by atoms with van der Waals surface area (Å²) in [5.41, 5.74) is 0.225. The molecular weight excluding hydrogens is 298 g/mol. The zero-order valence-electron chi connectivity index (χ0n) is 13.0. The molecule has 1 aromatic carbocycles. The maximum atomic E-state index is 12.5. The molecule has 0 spiro atoms. The zero-order chi connectivity index (χ0) is 16.0. The highest BCUT2D eigenvalue weighted by atomic mass is 32.2. The van der Waals surface area contributed by atoms with Gasteiger partial charge in [-0.3, -0.25) is 0 Å². The number of nitrogens with one attached hydrogen (secondary N) is 1. The maximum Gasteiger partial charge on any atom is 0.240 e. The monoisotopic (exact) mass is 321 g/mol. The average Bonchev–Trinajstić information content (AvgIpc) is 2.49. The van der Waals surface area contributed by atoms with Gasteiger partial charge in [-0.2, -0.15) is 0 Å². The van der Waals surface area contributed by atoms with E-state index in [0.717, 1.165) is 19.1 Å². The molecule has 1 aromatic rings. The third-order valence-electron chi connectivity index (χ3n) is 5.85. The Balaban J connectivity index is 1.81. The normalized spacial score (nSPS) is 33.0. The minimum Gasteiger partial charge on any atom is -0.303 e. The van der Waals surface area contributed by atoms with Gasteiger partial charge >= 0.3 is 0 Å². The minimum absolute atomic E-state index is 0.107. The van der Waals surface area contributed by atoms with Gasteiger partial charge in [0.15, 0.2) is 0 Å². The van der Waals surface area contributed by atoms with Crippen molar-refractivity contribution in [3.05, 3.63) is 30.3 Å². The van der Waals surface area contributed by atoms with Gasteiger partial charge in [0, 0.05) is 12.5 Å². The summed E-state index contributed by atoms with van der Waals surface area (Å²) in [5.74, 6) is 1.08. The van der Waals surface area contributed by atoms with Gasteiger partial charge in [0.25, 0.3) is 0 Å². The fourth-order valence-corrected chi connectivity index (χ4v) is 5.71. The molecule has 4 nitrogen and oxygen atoms in total. The van der Waals surface area contributed by atoms with Crippen LogP contribution in [0.5, 0.6) is 0 Å². The number of rotatable bonds is 5. The summed E-state index contributed by atoms with van der Waals surface area (Å²) in [5, 5.41) is 0. The quantitative estimate of drug-likeness (QED) is 0.848. The van der Waals surface area contributed by atoms with Gasteiger partial charge in [-0.1, -0.05) is 32.0 Å². The lowest BCUT2D eigenvalue weighted by atomic mass is 9.44. The summed E-state index contributed by atoms with van der Waals surface area (Å²) >= 11 is 0. The van der Waals surface area contributed by atoms with E-state index in [0.29, 0.717) is 23.2 Å². The van der Waals surface area contributed by atoms with Crippen LogP contribution in [0.2, 0.25) is 0 Å². The highest BCUT2D eigenvalue weighted by Crippen LogP contribution is 2.61. The first-order chi connectivity index (χ1) is 10.4. The molecule has 3 saturated carbocycles. The van der Waals surface area contributed by atoms with Crippen LogP contribution in [0, 0.1) is 23.2 Å². The number of carbonyl (C=O) groups is 1. The highest BCUT2D eigenvalue weighted by Gasteiger charge is 2.57. The van der Waals surface area contributed by atoms with E-state index in [1.165, 1.54) is 0 Å². The molecule has 0 amide bonds. The molecule has 4 rings (SSSR count). The zero-order valence-corrected chi connectivity index (χ0v) is 13.8. The Morgan fingerprint density at radius 3 is 2.50 bits per heavy atom. The predicted octanol–water partition coefficient (Wildman–Crippen LogP) is 2.60. The second-order valence-corrected chi connectivity index (χ2v) is 8.92. The number of hydrogen-bond donors (Lipinski definition) is 1. The van der Waals surface area contributed by atoms with Crippen molar-refractivity contribution in [2.75, 3.05) is 0 Å². The summed E-state index contributed by atoms with van der Waals surface area (Å²) in [4.78, 5) is 11.3. The van der Waals surface area contributed by atoms with E-state index in [4.69, 9.17) is 0 Å². The Hall–Kier alpha value is -1.20. The highest BCUT2D eigenvalue weighted by molar-refractivity contribution is 7.89.